The summed E-state index contributed by atoms with van der Waals surface area (Å²) in [4.78, 5) is 4.69. The Balaban J connectivity index is 1.86. The average molecular weight is 262 g/mol. The van der Waals surface area contributed by atoms with Crippen LogP contribution in [0.15, 0.2) is 24.3 Å². The summed E-state index contributed by atoms with van der Waals surface area (Å²) < 4.78 is 0. The van der Waals surface area contributed by atoms with Crippen molar-refractivity contribution in [2.45, 2.75) is 25.9 Å². The van der Waals surface area contributed by atoms with Gasteiger partial charge >= 0.3 is 0 Å². The molecular weight excluding hydrogens is 236 g/mol. The lowest BCUT2D eigenvalue weighted by Gasteiger charge is -2.33. The van der Waals surface area contributed by atoms with E-state index in [2.05, 4.69) is 48.0 Å². The van der Waals surface area contributed by atoms with E-state index in [0.717, 1.165) is 44.7 Å². The number of nitrogens with zero attached hydrogens (tertiary/aromatic N) is 2. The molecule has 1 aliphatic heterocycles. The molecule has 3 nitrogen and oxygen atoms in total. The summed E-state index contributed by atoms with van der Waals surface area (Å²) in [6, 6.07) is 8.44. The van der Waals surface area contributed by atoms with E-state index >= 15 is 0 Å². The van der Waals surface area contributed by atoms with E-state index in [-0.39, 0.29) is 6.10 Å². The lowest BCUT2D eigenvalue weighted by molar-refractivity contribution is 0.0805. The molecule has 1 unspecified atom stereocenters. The van der Waals surface area contributed by atoms with Crippen molar-refractivity contribution in [3.05, 3.63) is 35.4 Å². The zero-order chi connectivity index (χ0) is 13.7. The highest BCUT2D eigenvalue weighted by Gasteiger charge is 2.17. The smallest absolute Gasteiger partial charge is 0.0916 e. The third-order valence-electron chi connectivity index (χ3n) is 3.93. The molecule has 1 heterocycles. The lowest BCUT2D eigenvalue weighted by Crippen LogP contribution is -2.45. The highest BCUT2D eigenvalue weighted by molar-refractivity contribution is 5.24. The molecule has 0 aromatic heterocycles. The summed E-state index contributed by atoms with van der Waals surface area (Å²) >= 11 is 0. The van der Waals surface area contributed by atoms with Crippen LogP contribution in [0.5, 0.6) is 0 Å². The van der Waals surface area contributed by atoms with E-state index in [4.69, 9.17) is 0 Å². The Morgan fingerprint density at radius 3 is 2.32 bits per heavy atom. The van der Waals surface area contributed by atoms with Crippen molar-refractivity contribution >= 4 is 0 Å². The van der Waals surface area contributed by atoms with Crippen LogP contribution in [0.1, 0.15) is 30.6 Å². The third kappa shape index (κ3) is 4.30. The van der Waals surface area contributed by atoms with Gasteiger partial charge in [-0.2, -0.15) is 0 Å². The van der Waals surface area contributed by atoms with Crippen molar-refractivity contribution in [2.75, 3.05) is 39.8 Å². The quantitative estimate of drug-likeness (QED) is 0.878. The zero-order valence-electron chi connectivity index (χ0n) is 12.2. The number of piperazine rings is 1. The summed E-state index contributed by atoms with van der Waals surface area (Å²) in [7, 11) is 2.15. The summed E-state index contributed by atoms with van der Waals surface area (Å²) in [6.45, 7) is 7.25. The van der Waals surface area contributed by atoms with Gasteiger partial charge in [-0.1, -0.05) is 37.6 Å². The van der Waals surface area contributed by atoms with Crippen molar-refractivity contribution in [1.29, 1.82) is 0 Å². The monoisotopic (exact) mass is 262 g/mol. The number of aryl methyl sites for hydroxylation is 1. The largest absolute Gasteiger partial charge is 0.387 e. The van der Waals surface area contributed by atoms with E-state index in [1.165, 1.54) is 12.0 Å². The van der Waals surface area contributed by atoms with Crippen LogP contribution in [0.3, 0.4) is 0 Å². The average Bonchev–Trinajstić information content (AvgIpc) is 2.42. The van der Waals surface area contributed by atoms with E-state index in [0.29, 0.717) is 0 Å². The van der Waals surface area contributed by atoms with Crippen LogP contribution in [0.4, 0.5) is 0 Å². The molecule has 19 heavy (non-hydrogen) atoms. The van der Waals surface area contributed by atoms with Crippen LogP contribution in [-0.4, -0.2) is 54.7 Å². The minimum atomic E-state index is -0.362. The van der Waals surface area contributed by atoms with Crippen LogP contribution in [-0.2, 0) is 6.42 Å². The molecule has 3 heteroatoms. The van der Waals surface area contributed by atoms with E-state index in [1.807, 2.05) is 0 Å². The molecule has 0 spiro atoms. The molecule has 1 aromatic carbocycles. The molecular formula is C16H26N2O. The van der Waals surface area contributed by atoms with E-state index < -0.39 is 0 Å². The van der Waals surface area contributed by atoms with Crippen molar-refractivity contribution < 1.29 is 5.11 Å². The van der Waals surface area contributed by atoms with Crippen LogP contribution < -0.4 is 0 Å². The third-order valence-corrected chi connectivity index (χ3v) is 3.93. The van der Waals surface area contributed by atoms with Crippen molar-refractivity contribution in [3.8, 4) is 0 Å². The molecule has 0 saturated carbocycles. The zero-order valence-corrected chi connectivity index (χ0v) is 12.2. The lowest BCUT2D eigenvalue weighted by atomic mass is 10.0. The molecule has 0 amide bonds. The fourth-order valence-corrected chi connectivity index (χ4v) is 2.58. The van der Waals surface area contributed by atoms with Gasteiger partial charge in [0.25, 0.3) is 0 Å². The van der Waals surface area contributed by atoms with E-state index in [9.17, 15) is 5.11 Å². The predicted molar refractivity (Wildman–Crippen MR) is 79.3 cm³/mol. The summed E-state index contributed by atoms with van der Waals surface area (Å²) in [5.74, 6) is 0. The number of benzene rings is 1. The Bertz CT molecular complexity index is 369. The van der Waals surface area contributed by atoms with Crippen LogP contribution >= 0.6 is 0 Å². The maximum Gasteiger partial charge on any atom is 0.0916 e. The molecule has 0 bridgehead atoms. The molecule has 1 atom stereocenters. The normalized spacial score (nSPS) is 19.5. The number of hydrogen-bond acceptors (Lipinski definition) is 3. The standard InChI is InChI=1S/C16H26N2O/c1-3-4-14-5-7-15(8-6-14)16(19)13-18-11-9-17(2)10-12-18/h5-8,16,19H,3-4,9-13H2,1-2H3. The molecule has 1 aliphatic rings. The number of β-amino-alcohol motifs (C(OH)–C–C–N with tert-alkyl or cyclic N) is 1. The second-order valence-corrected chi connectivity index (χ2v) is 5.61. The SMILES string of the molecule is CCCc1ccc(C(O)CN2CCN(C)CC2)cc1. The molecule has 0 radical (unpaired) electrons. The Morgan fingerprint density at radius 1 is 1.11 bits per heavy atom. The van der Waals surface area contributed by atoms with Gasteiger partial charge in [0.1, 0.15) is 0 Å². The highest BCUT2D eigenvalue weighted by atomic mass is 16.3. The number of rotatable bonds is 5. The molecule has 1 aromatic rings. The molecule has 0 aliphatic carbocycles. The molecule has 1 N–H and O–H groups in total. The van der Waals surface area contributed by atoms with Crippen molar-refractivity contribution in [2.24, 2.45) is 0 Å². The van der Waals surface area contributed by atoms with Gasteiger partial charge in [-0.15, -0.1) is 0 Å². The molecule has 1 fully saturated rings. The first-order valence-electron chi connectivity index (χ1n) is 7.37. The van der Waals surface area contributed by atoms with Gasteiger partial charge in [-0.25, -0.2) is 0 Å². The van der Waals surface area contributed by atoms with Gasteiger partial charge in [-0.3, -0.25) is 4.90 Å². The maximum atomic E-state index is 10.3. The Labute approximate surface area is 116 Å². The first kappa shape index (κ1) is 14.5. The topological polar surface area (TPSA) is 26.7 Å². The van der Waals surface area contributed by atoms with Gasteiger partial charge in [0.05, 0.1) is 6.10 Å². The van der Waals surface area contributed by atoms with E-state index in [1.54, 1.807) is 0 Å². The van der Waals surface area contributed by atoms with Gasteiger partial charge in [0.15, 0.2) is 0 Å². The minimum Gasteiger partial charge on any atom is -0.387 e. The summed E-state index contributed by atoms with van der Waals surface area (Å²) in [6.07, 6.45) is 1.93. The second kappa shape index (κ2) is 7.04. The van der Waals surface area contributed by atoms with Gasteiger partial charge < -0.3 is 10.0 Å². The first-order valence-corrected chi connectivity index (χ1v) is 7.37. The minimum absolute atomic E-state index is 0.362. The molecule has 1 saturated heterocycles. The number of aliphatic hydroxyl groups is 1. The Morgan fingerprint density at radius 2 is 1.74 bits per heavy atom. The molecule has 2 rings (SSSR count). The maximum absolute atomic E-state index is 10.3. The van der Waals surface area contributed by atoms with Crippen molar-refractivity contribution in [3.63, 3.8) is 0 Å². The van der Waals surface area contributed by atoms with Crippen molar-refractivity contribution in [1.82, 2.24) is 9.80 Å². The fourth-order valence-electron chi connectivity index (χ4n) is 2.58. The fraction of sp³-hybridized carbons (Fsp3) is 0.625. The summed E-state index contributed by atoms with van der Waals surface area (Å²) in [5, 5.41) is 10.3. The second-order valence-electron chi connectivity index (χ2n) is 5.61. The number of likely N-dealkylation sites (N-methyl/N-ethyl adjacent to an activating group) is 1. The van der Waals surface area contributed by atoms with Crippen LogP contribution in [0.2, 0.25) is 0 Å². The first-order chi connectivity index (χ1) is 9.19. The molecule has 106 valence electrons. The van der Waals surface area contributed by atoms with Gasteiger partial charge in [0, 0.05) is 32.7 Å². The van der Waals surface area contributed by atoms with Gasteiger partial charge in [0.2, 0.25) is 0 Å². The predicted octanol–water partition coefficient (Wildman–Crippen LogP) is 1.92. The summed E-state index contributed by atoms with van der Waals surface area (Å²) in [5.41, 5.74) is 2.40. The number of hydrogen-bond donors (Lipinski definition) is 1. The highest BCUT2D eigenvalue weighted by Crippen LogP contribution is 2.16. The van der Waals surface area contributed by atoms with Crippen LogP contribution in [0, 0.1) is 0 Å². The van der Waals surface area contributed by atoms with Gasteiger partial charge in [-0.05, 0) is 24.6 Å². The number of aliphatic hydroxyl groups excluding tert-OH is 1. The van der Waals surface area contributed by atoms with Crippen LogP contribution in [0.25, 0.3) is 0 Å². The Hall–Kier alpha value is -0.900. The Kier molecular flexibility index (Phi) is 5.37.